The number of nitrogens with one attached hydrogen (secondary N) is 1. The zero-order chi connectivity index (χ0) is 13.8. The molecule has 0 saturated carbocycles. The highest BCUT2D eigenvalue weighted by Crippen LogP contribution is 2.19. The molecule has 1 aromatic carbocycles. The van der Waals surface area contributed by atoms with E-state index < -0.39 is 18.1 Å². The first-order chi connectivity index (χ1) is 8.29. The van der Waals surface area contributed by atoms with Crippen molar-refractivity contribution in [2.45, 2.75) is 6.18 Å². The molecule has 0 fully saturated rings. The molecule has 0 bridgehead atoms. The van der Waals surface area contributed by atoms with E-state index >= 15 is 0 Å². The van der Waals surface area contributed by atoms with E-state index in [9.17, 15) is 27.9 Å². The maximum Gasteiger partial charge on any atom is 0.471 e. The van der Waals surface area contributed by atoms with Crippen LogP contribution < -0.4 is 10.4 Å². The summed E-state index contributed by atoms with van der Waals surface area (Å²) in [6.45, 7) is 0. The molecule has 0 atom stereocenters. The summed E-state index contributed by atoms with van der Waals surface area (Å²) in [5.41, 5.74) is 0.233. The van der Waals surface area contributed by atoms with E-state index in [1.807, 2.05) is 0 Å². The zero-order valence-electron chi connectivity index (χ0n) is 8.82. The average Bonchev–Trinajstić information content (AvgIpc) is 2.25. The second-order valence-corrected chi connectivity index (χ2v) is 3.23. The van der Waals surface area contributed by atoms with Crippen LogP contribution in [0.15, 0.2) is 30.3 Å². The molecule has 18 heavy (non-hydrogen) atoms. The fourth-order valence-electron chi connectivity index (χ4n) is 1.09. The Labute approximate surface area is 99.7 Å². The van der Waals surface area contributed by atoms with Gasteiger partial charge in [-0.3, -0.25) is 4.79 Å². The molecule has 7 heteroatoms. The SMILES string of the molecule is O=C([O-])C=Cc1cccc(NC(=O)C(F)(F)F)c1. The molecule has 1 N–H and O–H groups in total. The lowest BCUT2D eigenvalue weighted by Gasteiger charge is -2.08. The van der Waals surface area contributed by atoms with E-state index in [2.05, 4.69) is 0 Å². The highest BCUT2D eigenvalue weighted by atomic mass is 19.4. The number of aliphatic carboxylic acids is 1. The van der Waals surface area contributed by atoms with Gasteiger partial charge in [0, 0.05) is 5.69 Å². The van der Waals surface area contributed by atoms with Gasteiger partial charge < -0.3 is 15.2 Å². The van der Waals surface area contributed by atoms with Gasteiger partial charge in [-0.1, -0.05) is 18.2 Å². The van der Waals surface area contributed by atoms with Gasteiger partial charge in [0.15, 0.2) is 0 Å². The van der Waals surface area contributed by atoms with Gasteiger partial charge in [-0.25, -0.2) is 0 Å². The third-order valence-electron chi connectivity index (χ3n) is 1.81. The van der Waals surface area contributed by atoms with E-state index in [0.29, 0.717) is 5.56 Å². The monoisotopic (exact) mass is 258 g/mol. The van der Waals surface area contributed by atoms with Gasteiger partial charge in [0.25, 0.3) is 0 Å². The number of hydrogen-bond acceptors (Lipinski definition) is 3. The van der Waals surface area contributed by atoms with Crippen molar-refractivity contribution in [2.24, 2.45) is 0 Å². The molecule has 0 heterocycles. The number of carbonyl (C=O) groups is 2. The van der Waals surface area contributed by atoms with Crippen molar-refractivity contribution in [3.05, 3.63) is 35.9 Å². The molecule has 0 aromatic heterocycles. The Hall–Kier alpha value is -2.31. The van der Waals surface area contributed by atoms with E-state index in [1.54, 1.807) is 5.32 Å². The fraction of sp³-hybridized carbons (Fsp3) is 0.0909. The Balaban J connectivity index is 2.83. The molecule has 1 amide bonds. The summed E-state index contributed by atoms with van der Waals surface area (Å²) in [5, 5.41) is 11.8. The summed E-state index contributed by atoms with van der Waals surface area (Å²) >= 11 is 0. The number of halogens is 3. The topological polar surface area (TPSA) is 69.2 Å². The molecule has 0 unspecified atom stereocenters. The number of amides is 1. The maximum atomic E-state index is 12.0. The van der Waals surface area contributed by atoms with Gasteiger partial charge in [-0.15, -0.1) is 0 Å². The van der Waals surface area contributed by atoms with Crippen LogP contribution in [0.25, 0.3) is 6.08 Å². The number of hydrogen-bond donors (Lipinski definition) is 1. The summed E-state index contributed by atoms with van der Waals surface area (Å²) in [4.78, 5) is 20.8. The molecular formula is C11H7F3NO3-. The van der Waals surface area contributed by atoms with Crippen molar-refractivity contribution in [1.82, 2.24) is 0 Å². The molecule has 1 aromatic rings. The lowest BCUT2D eigenvalue weighted by atomic mass is 10.2. The first-order valence-electron chi connectivity index (χ1n) is 4.66. The molecule has 0 aliphatic rings. The van der Waals surface area contributed by atoms with Crippen LogP contribution >= 0.6 is 0 Å². The third-order valence-corrected chi connectivity index (χ3v) is 1.81. The smallest absolute Gasteiger partial charge is 0.471 e. The Morgan fingerprint density at radius 3 is 2.50 bits per heavy atom. The number of rotatable bonds is 3. The predicted octanol–water partition coefficient (Wildman–Crippen LogP) is 0.951. The largest absolute Gasteiger partial charge is 0.545 e. The highest BCUT2D eigenvalue weighted by Gasteiger charge is 2.38. The Morgan fingerprint density at radius 1 is 1.28 bits per heavy atom. The van der Waals surface area contributed by atoms with Crippen molar-refractivity contribution in [3.8, 4) is 0 Å². The quantitative estimate of drug-likeness (QED) is 0.820. The van der Waals surface area contributed by atoms with Crippen LogP contribution in [-0.2, 0) is 9.59 Å². The van der Waals surface area contributed by atoms with Gasteiger partial charge in [-0.2, -0.15) is 13.2 Å². The van der Waals surface area contributed by atoms with Crippen LogP contribution in [-0.4, -0.2) is 18.1 Å². The van der Waals surface area contributed by atoms with Crippen LogP contribution in [0.4, 0.5) is 18.9 Å². The standard InChI is InChI=1S/C11H8F3NO3/c12-11(13,14)10(18)15-8-3-1-2-7(6-8)4-5-9(16)17/h1-6H,(H,15,18)(H,16,17)/p-1. The minimum absolute atomic E-state index is 0.0853. The summed E-state index contributed by atoms with van der Waals surface area (Å²) in [7, 11) is 0. The van der Waals surface area contributed by atoms with Crippen molar-refractivity contribution < 1.29 is 27.9 Å². The molecule has 0 radical (unpaired) electrons. The van der Waals surface area contributed by atoms with E-state index in [0.717, 1.165) is 12.2 Å². The number of carbonyl (C=O) groups excluding carboxylic acids is 2. The second kappa shape index (κ2) is 5.35. The van der Waals surface area contributed by atoms with Gasteiger partial charge in [0.2, 0.25) is 0 Å². The molecule has 4 nitrogen and oxygen atoms in total. The molecule has 0 spiro atoms. The minimum atomic E-state index is -4.98. The van der Waals surface area contributed by atoms with Crippen molar-refractivity contribution in [3.63, 3.8) is 0 Å². The summed E-state index contributed by atoms with van der Waals surface area (Å²) in [6.07, 6.45) is -3.11. The summed E-state index contributed by atoms with van der Waals surface area (Å²) in [5.74, 6) is -3.52. The van der Waals surface area contributed by atoms with E-state index in [-0.39, 0.29) is 5.69 Å². The Morgan fingerprint density at radius 2 is 1.94 bits per heavy atom. The first-order valence-corrected chi connectivity index (χ1v) is 4.66. The predicted molar refractivity (Wildman–Crippen MR) is 55.2 cm³/mol. The normalized spacial score (nSPS) is 11.5. The van der Waals surface area contributed by atoms with Crippen molar-refractivity contribution in [2.75, 3.05) is 5.32 Å². The highest BCUT2D eigenvalue weighted by molar-refractivity contribution is 5.95. The number of anilines is 1. The maximum absolute atomic E-state index is 12.0. The molecule has 0 saturated heterocycles. The molecule has 0 aliphatic heterocycles. The minimum Gasteiger partial charge on any atom is -0.545 e. The van der Waals surface area contributed by atoms with E-state index in [4.69, 9.17) is 0 Å². The molecule has 96 valence electrons. The fourth-order valence-corrected chi connectivity index (χ4v) is 1.09. The van der Waals surface area contributed by atoms with Gasteiger partial charge in [0.1, 0.15) is 0 Å². The summed E-state index contributed by atoms with van der Waals surface area (Å²) in [6, 6.07) is 5.28. The van der Waals surface area contributed by atoms with Crippen molar-refractivity contribution in [1.29, 1.82) is 0 Å². The molecule has 1 rings (SSSR count). The number of carboxylic acids is 1. The van der Waals surface area contributed by atoms with Gasteiger partial charge >= 0.3 is 12.1 Å². The van der Waals surface area contributed by atoms with Crippen LogP contribution in [0.1, 0.15) is 5.56 Å². The lowest BCUT2D eigenvalue weighted by molar-refractivity contribution is -0.297. The molecule has 0 aliphatic carbocycles. The van der Waals surface area contributed by atoms with Crippen LogP contribution in [0, 0.1) is 0 Å². The van der Waals surface area contributed by atoms with Crippen LogP contribution in [0.2, 0.25) is 0 Å². The third kappa shape index (κ3) is 4.28. The van der Waals surface area contributed by atoms with Crippen LogP contribution in [0.3, 0.4) is 0 Å². The van der Waals surface area contributed by atoms with Crippen molar-refractivity contribution >= 4 is 23.6 Å². The number of benzene rings is 1. The van der Waals surface area contributed by atoms with Gasteiger partial charge in [-0.05, 0) is 23.8 Å². The number of carboxylic acid groups (broad SMARTS) is 1. The van der Waals surface area contributed by atoms with E-state index in [1.165, 1.54) is 24.3 Å². The Kier molecular flexibility index (Phi) is 4.09. The lowest BCUT2D eigenvalue weighted by Crippen LogP contribution is -2.29. The first kappa shape index (κ1) is 13.8. The van der Waals surface area contributed by atoms with Gasteiger partial charge in [0.05, 0.1) is 5.97 Å². The number of alkyl halides is 3. The van der Waals surface area contributed by atoms with Crippen LogP contribution in [0.5, 0.6) is 0 Å². The zero-order valence-corrected chi connectivity index (χ0v) is 8.82. The second-order valence-electron chi connectivity index (χ2n) is 3.23. The molecular weight excluding hydrogens is 251 g/mol. The average molecular weight is 258 g/mol. The Bertz CT molecular complexity index is 495. The summed E-state index contributed by atoms with van der Waals surface area (Å²) < 4.78 is 35.9.